The Morgan fingerprint density at radius 3 is 1.31 bits per heavy atom. The Morgan fingerprint density at radius 2 is 0.963 bits per heavy atom. The first-order valence-electron chi connectivity index (χ1n) is 18.1. The molecule has 0 bridgehead atoms. The summed E-state index contributed by atoms with van der Waals surface area (Å²) in [6.45, 7) is 9.45. The van der Waals surface area contributed by atoms with Gasteiger partial charge in [-0.1, -0.05) is 71.8 Å². The number of carbonyl (C=O) groups excluding carboxylic acids is 4. The molecular formula is C42H49N5O7. The maximum atomic E-state index is 13.1. The number of Topliss-reactive ketones (excluding diaryl/α,β-unsaturated/α-hetero) is 1. The summed E-state index contributed by atoms with van der Waals surface area (Å²) in [5.41, 5.74) is 12.3. The van der Waals surface area contributed by atoms with Gasteiger partial charge in [-0.2, -0.15) is 0 Å². The lowest BCUT2D eigenvalue weighted by Crippen LogP contribution is -2.48. The Morgan fingerprint density at radius 1 is 0.593 bits per heavy atom. The number of methoxy groups -OCH3 is 1. The van der Waals surface area contributed by atoms with Crippen molar-refractivity contribution in [2.45, 2.75) is 26.9 Å². The van der Waals surface area contributed by atoms with Gasteiger partial charge in [0.25, 0.3) is 0 Å². The van der Waals surface area contributed by atoms with Gasteiger partial charge in [-0.15, -0.1) is 0 Å². The van der Waals surface area contributed by atoms with Crippen LogP contribution < -0.4 is 15.5 Å². The lowest BCUT2D eigenvalue weighted by Gasteiger charge is -2.33. The highest BCUT2D eigenvalue weighted by atomic mass is 16.5. The van der Waals surface area contributed by atoms with Crippen molar-refractivity contribution < 1.29 is 33.4 Å². The monoisotopic (exact) mass is 735 g/mol. The van der Waals surface area contributed by atoms with Crippen molar-refractivity contribution >= 4 is 35.2 Å². The molecule has 6 rings (SSSR count). The van der Waals surface area contributed by atoms with Gasteiger partial charge in [0, 0.05) is 43.1 Å². The number of nitrogens with two attached hydrogens (primary N) is 1. The van der Waals surface area contributed by atoms with E-state index < -0.39 is 0 Å². The highest BCUT2D eigenvalue weighted by molar-refractivity contribution is 5.97. The number of amides is 4. The summed E-state index contributed by atoms with van der Waals surface area (Å²) in [7, 11) is 1.36. The molecule has 0 saturated carbocycles. The highest BCUT2D eigenvalue weighted by Gasteiger charge is 2.26. The number of carbonyl (C=O) groups is 4. The third kappa shape index (κ3) is 10.8. The average molecular weight is 736 g/mol. The highest BCUT2D eigenvalue weighted by Crippen LogP contribution is 2.23. The fraction of sp³-hybridized carbons (Fsp3) is 0.333. The van der Waals surface area contributed by atoms with Crippen LogP contribution in [-0.2, 0) is 27.3 Å². The molecule has 54 heavy (non-hydrogen) atoms. The number of nitrogens with zero attached hydrogens (tertiary/aromatic N) is 4. The molecule has 0 aromatic heterocycles. The molecule has 284 valence electrons. The first-order valence-corrected chi connectivity index (χ1v) is 18.1. The molecule has 0 atom stereocenters. The van der Waals surface area contributed by atoms with Crippen LogP contribution in [0.5, 0.6) is 0 Å². The van der Waals surface area contributed by atoms with Gasteiger partial charge in [0.15, 0.2) is 5.78 Å². The number of ether oxygens (including phenoxy) is 3. The largest absolute Gasteiger partial charge is 0.465 e. The van der Waals surface area contributed by atoms with E-state index >= 15 is 0 Å². The molecule has 12 nitrogen and oxygen atoms in total. The fourth-order valence-corrected chi connectivity index (χ4v) is 5.98. The quantitative estimate of drug-likeness (QED) is 0.168. The summed E-state index contributed by atoms with van der Waals surface area (Å²) in [5, 5.41) is 0. The third-order valence-electron chi connectivity index (χ3n) is 9.23. The third-order valence-corrected chi connectivity index (χ3v) is 9.23. The molecule has 0 unspecified atom stereocenters. The fourth-order valence-electron chi connectivity index (χ4n) is 5.98. The van der Waals surface area contributed by atoms with E-state index in [1.54, 1.807) is 34.1 Å². The summed E-state index contributed by atoms with van der Waals surface area (Å²) in [6.07, 6.45) is 0. The molecule has 2 heterocycles. The van der Waals surface area contributed by atoms with E-state index in [0.717, 1.165) is 33.6 Å². The summed E-state index contributed by atoms with van der Waals surface area (Å²) < 4.78 is 15.5. The van der Waals surface area contributed by atoms with Crippen LogP contribution >= 0.6 is 0 Å². The first kappa shape index (κ1) is 39.6. The van der Waals surface area contributed by atoms with E-state index in [1.165, 1.54) is 7.11 Å². The predicted octanol–water partition coefficient (Wildman–Crippen LogP) is 5.84. The molecule has 2 aliphatic heterocycles. The maximum Gasteiger partial charge on any atom is 0.337 e. The van der Waals surface area contributed by atoms with E-state index in [0.29, 0.717) is 76.8 Å². The standard InChI is InChI=1S/C21H25N3O3.C21H24N2O4/c1-16-2-8-19(9-3-16)24(21(26)23-10-12-27-13-11-23)15-17-4-6-18(7-5-17)20(25)14-22;1-16-3-9-19(10-4-16)23(21(25)22-11-13-27-14-12-22)15-17-5-7-18(8-6-17)20(24)26-2/h2-9H,10-15,22H2,1H3;3-10H,11-15H2,1-2H3. The van der Waals surface area contributed by atoms with Crippen LogP contribution in [0.15, 0.2) is 97.1 Å². The molecule has 0 aliphatic carbocycles. The second kappa shape index (κ2) is 19.5. The van der Waals surface area contributed by atoms with Gasteiger partial charge < -0.3 is 29.7 Å². The molecule has 2 N–H and O–H groups in total. The van der Waals surface area contributed by atoms with Crippen LogP contribution in [0.4, 0.5) is 21.0 Å². The zero-order valence-electron chi connectivity index (χ0n) is 31.2. The van der Waals surface area contributed by atoms with Crippen LogP contribution in [0.1, 0.15) is 43.0 Å². The van der Waals surface area contributed by atoms with Crippen molar-refractivity contribution in [3.63, 3.8) is 0 Å². The zero-order valence-corrected chi connectivity index (χ0v) is 31.2. The van der Waals surface area contributed by atoms with E-state index in [-0.39, 0.29) is 30.4 Å². The van der Waals surface area contributed by atoms with Gasteiger partial charge in [-0.05, 0) is 61.4 Å². The van der Waals surface area contributed by atoms with E-state index in [2.05, 4.69) is 0 Å². The van der Waals surface area contributed by atoms with Crippen molar-refractivity contribution in [2.75, 3.05) is 76.1 Å². The van der Waals surface area contributed by atoms with Crippen LogP contribution in [0.3, 0.4) is 0 Å². The number of esters is 1. The minimum absolute atomic E-state index is 0.00957. The maximum absolute atomic E-state index is 13.1. The Labute approximate surface area is 317 Å². The topological polar surface area (TPSA) is 135 Å². The number of rotatable bonds is 9. The molecule has 2 saturated heterocycles. The van der Waals surface area contributed by atoms with Gasteiger partial charge in [-0.25, -0.2) is 14.4 Å². The Kier molecular flexibility index (Phi) is 14.3. The normalized spacial score (nSPS) is 14.0. The molecule has 4 aromatic rings. The number of anilines is 2. The summed E-state index contributed by atoms with van der Waals surface area (Å²) in [4.78, 5) is 56.7. The number of morpholine rings is 2. The van der Waals surface area contributed by atoms with Crippen molar-refractivity contribution in [1.82, 2.24) is 9.80 Å². The number of hydrogen-bond acceptors (Lipinski definition) is 8. The van der Waals surface area contributed by atoms with Crippen LogP contribution in [-0.4, -0.2) is 99.9 Å². The minimum Gasteiger partial charge on any atom is -0.465 e. The molecule has 0 radical (unpaired) electrons. The number of hydrogen-bond donors (Lipinski definition) is 1. The molecule has 12 heteroatoms. The summed E-state index contributed by atoms with van der Waals surface area (Å²) in [6, 6.07) is 30.1. The average Bonchev–Trinajstić information content (AvgIpc) is 3.23. The molecule has 0 spiro atoms. The van der Waals surface area contributed by atoms with Gasteiger partial charge in [0.1, 0.15) is 0 Å². The number of aryl methyl sites for hydroxylation is 2. The first-order chi connectivity index (χ1) is 26.2. The van der Waals surface area contributed by atoms with Crippen molar-refractivity contribution in [3.8, 4) is 0 Å². The lowest BCUT2D eigenvalue weighted by molar-refractivity contribution is 0.0548. The predicted molar refractivity (Wildman–Crippen MR) is 208 cm³/mol. The second-order valence-corrected chi connectivity index (χ2v) is 13.1. The Hall–Kier alpha value is -5.56. The number of benzene rings is 4. The molecule has 2 aliphatic rings. The number of ketones is 1. The van der Waals surface area contributed by atoms with Gasteiger partial charge in [0.05, 0.1) is 58.7 Å². The van der Waals surface area contributed by atoms with Crippen molar-refractivity contribution in [2.24, 2.45) is 5.73 Å². The lowest BCUT2D eigenvalue weighted by atomic mass is 10.1. The van der Waals surface area contributed by atoms with Crippen LogP contribution in [0, 0.1) is 13.8 Å². The van der Waals surface area contributed by atoms with E-state index in [9.17, 15) is 19.2 Å². The smallest absolute Gasteiger partial charge is 0.337 e. The van der Waals surface area contributed by atoms with Gasteiger partial charge in [0.2, 0.25) is 0 Å². The summed E-state index contributed by atoms with van der Waals surface area (Å²) in [5.74, 6) is -0.470. The van der Waals surface area contributed by atoms with E-state index in [4.69, 9.17) is 19.9 Å². The number of urea groups is 2. The van der Waals surface area contributed by atoms with Crippen molar-refractivity contribution in [1.29, 1.82) is 0 Å². The molecule has 4 aromatic carbocycles. The zero-order chi connectivity index (χ0) is 38.5. The SMILES string of the molecule is COC(=O)c1ccc(CN(C(=O)N2CCOCC2)c2ccc(C)cc2)cc1.Cc1ccc(N(Cc2ccc(C(=O)CN)cc2)C(=O)N2CCOCC2)cc1. The van der Waals surface area contributed by atoms with Crippen LogP contribution in [0.2, 0.25) is 0 Å². The molecular weight excluding hydrogens is 686 g/mol. The van der Waals surface area contributed by atoms with Crippen LogP contribution in [0.25, 0.3) is 0 Å². The molecule has 2 fully saturated rings. The Bertz CT molecular complexity index is 1700. The van der Waals surface area contributed by atoms with Gasteiger partial charge in [-0.3, -0.25) is 14.6 Å². The Balaban J connectivity index is 0.000000208. The van der Waals surface area contributed by atoms with Crippen molar-refractivity contribution in [3.05, 3.63) is 130 Å². The van der Waals surface area contributed by atoms with E-state index in [1.807, 2.05) is 96.4 Å². The minimum atomic E-state index is -0.374. The molecule has 4 amide bonds. The van der Waals surface area contributed by atoms with Gasteiger partial charge >= 0.3 is 18.0 Å². The summed E-state index contributed by atoms with van der Waals surface area (Å²) >= 11 is 0. The second-order valence-electron chi connectivity index (χ2n) is 13.1.